The Morgan fingerprint density at radius 2 is 1.94 bits per heavy atom. The standard InChI is InChI=1S/C26H31FN6O3/c1-16-25(35)29-28-23-13-36-22-10-18(17-8-6-7-9-19(17)27)20(11-21(22)33(16)23)31(5)26(2)14-32(15-26)24(34)12-30(3)4/h6-11,16H,12-15H2,1-5H3,(H,29,35). The zero-order valence-electron chi connectivity index (χ0n) is 21.2. The van der Waals surface area contributed by atoms with Gasteiger partial charge in [0.05, 0.1) is 17.8 Å². The minimum atomic E-state index is -0.476. The first-order valence-corrected chi connectivity index (χ1v) is 12.0. The van der Waals surface area contributed by atoms with Gasteiger partial charge in [-0.15, -0.1) is 0 Å². The molecule has 190 valence electrons. The number of nitrogens with zero attached hydrogens (tertiary/aromatic N) is 5. The molecule has 2 amide bonds. The summed E-state index contributed by atoms with van der Waals surface area (Å²) in [5, 5.41) is 4.18. The van der Waals surface area contributed by atoms with E-state index in [0.717, 1.165) is 5.69 Å². The molecular formula is C26H31FN6O3. The number of fused-ring (bicyclic) bond motifs is 3. The number of ether oxygens (including phenoxy) is 1. The predicted molar refractivity (Wildman–Crippen MR) is 137 cm³/mol. The van der Waals surface area contributed by atoms with E-state index in [-0.39, 0.29) is 29.8 Å². The third-order valence-electron chi connectivity index (χ3n) is 7.24. The van der Waals surface area contributed by atoms with Crippen LogP contribution >= 0.6 is 0 Å². The highest BCUT2D eigenvalue weighted by Crippen LogP contribution is 2.46. The molecule has 0 spiro atoms. The van der Waals surface area contributed by atoms with Gasteiger partial charge in [-0.05, 0) is 46.1 Å². The largest absolute Gasteiger partial charge is 0.483 e. The average Bonchev–Trinajstić information content (AvgIpc) is 2.82. The number of nitrogens with one attached hydrogen (secondary N) is 1. The summed E-state index contributed by atoms with van der Waals surface area (Å²) in [4.78, 5) is 32.6. The Balaban J connectivity index is 1.57. The van der Waals surface area contributed by atoms with Gasteiger partial charge < -0.3 is 24.3 Å². The number of amides is 2. The van der Waals surface area contributed by atoms with Crippen LogP contribution < -0.4 is 20.0 Å². The molecule has 1 saturated heterocycles. The van der Waals surface area contributed by atoms with Crippen LogP contribution in [0.2, 0.25) is 0 Å². The monoisotopic (exact) mass is 494 g/mol. The second-order valence-corrected chi connectivity index (χ2v) is 10.2. The van der Waals surface area contributed by atoms with Gasteiger partial charge >= 0.3 is 0 Å². The maximum absolute atomic E-state index is 15.0. The van der Waals surface area contributed by atoms with Crippen molar-refractivity contribution in [3.8, 4) is 16.9 Å². The fourth-order valence-electron chi connectivity index (χ4n) is 5.06. The van der Waals surface area contributed by atoms with Crippen LogP contribution in [0.5, 0.6) is 5.75 Å². The Bertz CT molecular complexity index is 1260. The Morgan fingerprint density at radius 1 is 1.22 bits per heavy atom. The molecule has 1 atom stereocenters. The van der Waals surface area contributed by atoms with Gasteiger partial charge in [0.2, 0.25) is 5.91 Å². The topological polar surface area (TPSA) is 80.7 Å². The van der Waals surface area contributed by atoms with Crippen LogP contribution in [0, 0.1) is 5.82 Å². The molecule has 0 aromatic heterocycles. The summed E-state index contributed by atoms with van der Waals surface area (Å²) in [5.41, 5.74) is 4.81. The van der Waals surface area contributed by atoms with Crippen molar-refractivity contribution in [2.45, 2.75) is 25.4 Å². The van der Waals surface area contributed by atoms with Crippen LogP contribution in [0.15, 0.2) is 41.5 Å². The van der Waals surface area contributed by atoms with E-state index in [1.54, 1.807) is 18.2 Å². The summed E-state index contributed by atoms with van der Waals surface area (Å²) in [6.07, 6.45) is 0. The van der Waals surface area contributed by atoms with Gasteiger partial charge in [0.25, 0.3) is 5.91 Å². The molecule has 5 rings (SSSR count). The number of amidine groups is 1. The van der Waals surface area contributed by atoms with Crippen molar-refractivity contribution in [3.05, 3.63) is 42.2 Å². The summed E-state index contributed by atoms with van der Waals surface area (Å²) in [5.74, 6) is 0.704. The summed E-state index contributed by atoms with van der Waals surface area (Å²) < 4.78 is 21.0. The minimum absolute atomic E-state index is 0.0769. The van der Waals surface area contributed by atoms with Gasteiger partial charge in [-0.2, -0.15) is 5.10 Å². The molecule has 36 heavy (non-hydrogen) atoms. The van der Waals surface area contributed by atoms with Gasteiger partial charge in [0.1, 0.15) is 24.2 Å². The van der Waals surface area contributed by atoms with E-state index in [2.05, 4.69) is 22.4 Å². The van der Waals surface area contributed by atoms with E-state index >= 15 is 4.39 Å². The van der Waals surface area contributed by atoms with Crippen LogP contribution in [-0.2, 0) is 9.59 Å². The molecule has 3 aliphatic heterocycles. The highest BCUT2D eigenvalue weighted by atomic mass is 19.1. The number of benzene rings is 2. The van der Waals surface area contributed by atoms with E-state index in [4.69, 9.17) is 4.74 Å². The van der Waals surface area contributed by atoms with Crippen molar-refractivity contribution in [3.63, 3.8) is 0 Å². The zero-order chi connectivity index (χ0) is 25.8. The molecule has 3 heterocycles. The lowest BCUT2D eigenvalue weighted by molar-refractivity contribution is -0.138. The fraction of sp³-hybridized carbons (Fsp3) is 0.423. The van der Waals surface area contributed by atoms with Crippen LogP contribution in [0.1, 0.15) is 13.8 Å². The minimum Gasteiger partial charge on any atom is -0.483 e. The van der Waals surface area contributed by atoms with Crippen molar-refractivity contribution >= 4 is 29.0 Å². The first-order valence-electron chi connectivity index (χ1n) is 12.0. The molecule has 1 N–H and O–H groups in total. The van der Waals surface area contributed by atoms with Crippen molar-refractivity contribution in [2.24, 2.45) is 5.10 Å². The summed E-state index contributed by atoms with van der Waals surface area (Å²) >= 11 is 0. The normalized spacial score (nSPS) is 20.0. The number of hydrazone groups is 1. The molecule has 3 aliphatic rings. The number of hydrogen-bond donors (Lipinski definition) is 1. The molecule has 0 saturated carbocycles. The maximum Gasteiger partial charge on any atom is 0.262 e. The zero-order valence-corrected chi connectivity index (χ0v) is 21.2. The molecule has 9 nitrogen and oxygen atoms in total. The lowest BCUT2D eigenvalue weighted by atomic mass is 9.88. The van der Waals surface area contributed by atoms with Crippen LogP contribution in [-0.4, -0.2) is 86.4 Å². The first kappa shape index (κ1) is 24.1. The molecule has 0 radical (unpaired) electrons. The smallest absolute Gasteiger partial charge is 0.262 e. The van der Waals surface area contributed by atoms with Gasteiger partial charge in [0.15, 0.2) is 5.84 Å². The van der Waals surface area contributed by atoms with E-state index in [0.29, 0.717) is 48.0 Å². The Hall–Kier alpha value is -3.66. The highest BCUT2D eigenvalue weighted by Gasteiger charge is 2.45. The predicted octanol–water partition coefficient (Wildman–Crippen LogP) is 2.12. The van der Waals surface area contributed by atoms with Gasteiger partial charge in [-0.25, -0.2) is 9.82 Å². The Kier molecular flexibility index (Phi) is 5.86. The molecule has 1 unspecified atom stereocenters. The number of likely N-dealkylation sites (tertiary alicyclic amines) is 1. The third-order valence-corrected chi connectivity index (χ3v) is 7.24. The molecule has 0 aliphatic carbocycles. The van der Waals surface area contributed by atoms with Crippen molar-refractivity contribution in [1.29, 1.82) is 0 Å². The number of halogens is 1. The number of anilines is 2. The van der Waals surface area contributed by atoms with Gasteiger partial charge in [-0.3, -0.25) is 9.59 Å². The molecular weight excluding hydrogens is 463 g/mol. The second-order valence-electron chi connectivity index (χ2n) is 10.2. The second kappa shape index (κ2) is 8.77. The lowest BCUT2D eigenvalue weighted by Crippen LogP contribution is -2.70. The summed E-state index contributed by atoms with van der Waals surface area (Å²) in [6, 6.07) is 9.96. The number of likely N-dealkylation sites (N-methyl/N-ethyl adjacent to an activating group) is 2. The van der Waals surface area contributed by atoms with Crippen molar-refractivity contribution in [2.75, 3.05) is 57.2 Å². The summed E-state index contributed by atoms with van der Waals surface area (Å²) in [6.45, 7) is 5.56. The Labute approximate surface area is 210 Å². The lowest BCUT2D eigenvalue weighted by Gasteiger charge is -2.54. The molecule has 2 aromatic rings. The molecule has 2 aromatic carbocycles. The van der Waals surface area contributed by atoms with Crippen molar-refractivity contribution < 1.29 is 18.7 Å². The van der Waals surface area contributed by atoms with Gasteiger partial charge in [0, 0.05) is 37.0 Å². The van der Waals surface area contributed by atoms with Gasteiger partial charge in [-0.1, -0.05) is 18.2 Å². The molecule has 1 fully saturated rings. The number of rotatable bonds is 5. The van der Waals surface area contributed by atoms with Crippen LogP contribution in [0.4, 0.5) is 15.8 Å². The van der Waals surface area contributed by atoms with Crippen molar-refractivity contribution in [1.82, 2.24) is 15.2 Å². The maximum atomic E-state index is 15.0. The van der Waals surface area contributed by atoms with E-state index in [1.165, 1.54) is 6.07 Å². The van der Waals surface area contributed by atoms with Crippen LogP contribution in [0.25, 0.3) is 11.1 Å². The van der Waals surface area contributed by atoms with E-state index < -0.39 is 6.04 Å². The van der Waals surface area contributed by atoms with Crippen LogP contribution in [0.3, 0.4) is 0 Å². The third kappa shape index (κ3) is 3.95. The number of carbonyl (C=O) groups excluding carboxylic acids is 2. The SMILES string of the molecule is CC1C(=O)NN=C2COc3cc(-c4ccccc4F)c(N(C)C4(C)CN(C(=O)CN(C)C)C4)cc3N21. The number of carbonyl (C=O) groups is 2. The fourth-order valence-corrected chi connectivity index (χ4v) is 5.06. The highest BCUT2D eigenvalue weighted by molar-refractivity contribution is 6.10. The summed E-state index contributed by atoms with van der Waals surface area (Å²) in [7, 11) is 5.71. The average molecular weight is 495 g/mol. The van der Waals surface area contributed by atoms with E-state index in [9.17, 15) is 9.59 Å². The Morgan fingerprint density at radius 3 is 2.64 bits per heavy atom. The molecule has 0 bridgehead atoms. The molecule has 10 heteroatoms. The van der Waals surface area contributed by atoms with E-state index in [1.807, 2.05) is 54.9 Å². The number of hydrogen-bond acceptors (Lipinski definition) is 7. The first-order chi connectivity index (χ1) is 17.1. The quantitative estimate of drug-likeness (QED) is 0.686.